The van der Waals surface area contributed by atoms with E-state index in [9.17, 15) is 28.1 Å². The number of piperidine rings is 1. The summed E-state index contributed by atoms with van der Waals surface area (Å²) in [4.78, 5) is 31.2. The number of nitrogens with zero attached hydrogens (tertiary/aromatic N) is 4. The summed E-state index contributed by atoms with van der Waals surface area (Å²) in [6.07, 6.45) is -3.09. The molecule has 2 aromatic rings. The lowest BCUT2D eigenvalue weighted by atomic mass is 9.97. The number of rotatable bonds is 5. The van der Waals surface area contributed by atoms with E-state index < -0.39 is 34.2 Å². The molecule has 0 saturated carbocycles. The van der Waals surface area contributed by atoms with Crippen LogP contribution in [0.25, 0.3) is 0 Å². The van der Waals surface area contributed by atoms with Crippen LogP contribution in [0, 0.1) is 16.0 Å². The molecule has 0 spiro atoms. The molecule has 1 fully saturated rings. The highest BCUT2D eigenvalue weighted by Crippen LogP contribution is 2.39. The van der Waals surface area contributed by atoms with E-state index in [-0.39, 0.29) is 43.3 Å². The lowest BCUT2D eigenvalue weighted by molar-refractivity contribution is -0.383. The van der Waals surface area contributed by atoms with Gasteiger partial charge in [-0.2, -0.15) is 13.2 Å². The van der Waals surface area contributed by atoms with E-state index >= 15 is 0 Å². The Morgan fingerprint density at radius 2 is 1.90 bits per heavy atom. The number of aliphatic carboxylic acids is 1. The number of carboxylic acids is 1. The number of carboxylic acid groups (broad SMARTS) is 1. The zero-order chi connectivity index (χ0) is 21.2. The van der Waals surface area contributed by atoms with Crippen LogP contribution >= 0.6 is 0 Å². The summed E-state index contributed by atoms with van der Waals surface area (Å²) in [5.74, 6) is -1.94. The fourth-order valence-corrected chi connectivity index (χ4v) is 3.17. The monoisotopic (exact) mass is 411 g/mol. The van der Waals surface area contributed by atoms with Crippen LogP contribution in [0.1, 0.15) is 18.4 Å². The first-order chi connectivity index (χ1) is 13.7. The highest BCUT2D eigenvalue weighted by molar-refractivity contribution is 5.76. The van der Waals surface area contributed by atoms with E-state index in [4.69, 9.17) is 5.11 Å². The van der Waals surface area contributed by atoms with Gasteiger partial charge in [0.05, 0.1) is 22.1 Å². The molecule has 1 aromatic carbocycles. The standard InChI is InChI=1S/C17H16F3N5O4/c18-17(19,20)11-3-1-2-4-12(11)23-14-13(25(28)29)15(22-9-21-14)24-7-5-10(6-8-24)16(26)27/h1-4,9-10H,5-8H2,(H,26,27)(H,21,22,23). The van der Waals surface area contributed by atoms with Crippen LogP contribution in [0.2, 0.25) is 0 Å². The van der Waals surface area contributed by atoms with Crippen LogP contribution < -0.4 is 10.2 Å². The third-order valence-electron chi connectivity index (χ3n) is 4.61. The predicted octanol–water partition coefficient (Wildman–Crippen LogP) is 3.45. The molecular formula is C17H16F3N5O4. The van der Waals surface area contributed by atoms with Crippen LogP contribution in [0.3, 0.4) is 0 Å². The number of anilines is 3. The maximum absolute atomic E-state index is 13.2. The molecule has 0 bridgehead atoms. The number of hydrogen-bond acceptors (Lipinski definition) is 7. The van der Waals surface area contributed by atoms with Crippen molar-refractivity contribution in [1.29, 1.82) is 0 Å². The van der Waals surface area contributed by atoms with Crippen LogP contribution in [0.4, 0.5) is 36.2 Å². The molecule has 12 heteroatoms. The smallest absolute Gasteiger partial charge is 0.418 e. The third-order valence-corrected chi connectivity index (χ3v) is 4.61. The molecule has 0 aliphatic carbocycles. The van der Waals surface area contributed by atoms with Gasteiger partial charge >= 0.3 is 17.8 Å². The fourth-order valence-electron chi connectivity index (χ4n) is 3.17. The summed E-state index contributed by atoms with van der Waals surface area (Å²) in [6.45, 7) is 0.431. The van der Waals surface area contributed by atoms with Crippen molar-refractivity contribution >= 4 is 29.0 Å². The number of halogens is 3. The summed E-state index contributed by atoms with van der Waals surface area (Å²) in [5, 5.41) is 23.2. The normalized spacial score (nSPS) is 15.2. The summed E-state index contributed by atoms with van der Waals surface area (Å²) in [5.41, 5.74) is -1.94. The molecule has 29 heavy (non-hydrogen) atoms. The second-order valence-corrected chi connectivity index (χ2v) is 6.42. The highest BCUT2D eigenvalue weighted by Gasteiger charge is 2.35. The summed E-state index contributed by atoms with van der Waals surface area (Å²) in [6, 6.07) is 4.57. The minimum atomic E-state index is -4.66. The average Bonchev–Trinajstić information content (AvgIpc) is 2.67. The van der Waals surface area contributed by atoms with Gasteiger partial charge in [0.2, 0.25) is 11.6 Å². The van der Waals surface area contributed by atoms with Gasteiger partial charge in [-0.15, -0.1) is 0 Å². The zero-order valence-electron chi connectivity index (χ0n) is 14.9. The number of aromatic nitrogens is 2. The quantitative estimate of drug-likeness (QED) is 0.567. The van der Waals surface area contributed by atoms with Crippen molar-refractivity contribution in [3.8, 4) is 0 Å². The molecule has 1 aromatic heterocycles. The van der Waals surface area contributed by atoms with Crippen molar-refractivity contribution in [3.63, 3.8) is 0 Å². The minimum absolute atomic E-state index is 0.0687. The molecule has 154 valence electrons. The lowest BCUT2D eigenvalue weighted by Crippen LogP contribution is -2.37. The van der Waals surface area contributed by atoms with Gasteiger partial charge in [-0.05, 0) is 25.0 Å². The zero-order valence-corrected chi connectivity index (χ0v) is 14.9. The Balaban J connectivity index is 1.95. The molecule has 1 aliphatic rings. The van der Waals surface area contributed by atoms with Crippen LogP contribution in [0.5, 0.6) is 0 Å². The van der Waals surface area contributed by atoms with Gasteiger partial charge in [-0.3, -0.25) is 14.9 Å². The number of benzene rings is 1. The molecule has 0 atom stereocenters. The maximum atomic E-state index is 13.2. The summed E-state index contributed by atoms with van der Waals surface area (Å²) >= 11 is 0. The van der Waals surface area contributed by atoms with Crippen molar-refractivity contribution in [2.45, 2.75) is 19.0 Å². The Morgan fingerprint density at radius 3 is 2.48 bits per heavy atom. The first-order valence-corrected chi connectivity index (χ1v) is 8.59. The Bertz CT molecular complexity index is 930. The van der Waals surface area contributed by atoms with E-state index in [1.54, 1.807) is 4.90 Å². The van der Waals surface area contributed by atoms with Gasteiger partial charge in [0.1, 0.15) is 6.33 Å². The van der Waals surface area contributed by atoms with Gasteiger partial charge in [0, 0.05) is 13.1 Å². The first-order valence-electron chi connectivity index (χ1n) is 8.59. The van der Waals surface area contributed by atoms with E-state index in [2.05, 4.69) is 15.3 Å². The molecule has 1 saturated heterocycles. The number of hydrogen-bond donors (Lipinski definition) is 2. The molecule has 1 aliphatic heterocycles. The van der Waals surface area contributed by atoms with Crippen LogP contribution in [0.15, 0.2) is 30.6 Å². The minimum Gasteiger partial charge on any atom is -0.481 e. The number of nitro groups is 1. The Labute approximate surface area is 162 Å². The van der Waals surface area contributed by atoms with Crippen molar-refractivity contribution in [2.75, 3.05) is 23.3 Å². The van der Waals surface area contributed by atoms with Crippen molar-refractivity contribution < 1.29 is 28.0 Å². The molecule has 9 nitrogen and oxygen atoms in total. The molecule has 0 radical (unpaired) electrons. The molecule has 2 heterocycles. The maximum Gasteiger partial charge on any atom is 0.418 e. The van der Waals surface area contributed by atoms with E-state index in [0.29, 0.717) is 0 Å². The van der Waals surface area contributed by atoms with E-state index in [1.165, 1.54) is 12.1 Å². The second kappa shape index (κ2) is 7.89. The van der Waals surface area contributed by atoms with Crippen molar-refractivity contribution in [3.05, 3.63) is 46.3 Å². The summed E-state index contributed by atoms with van der Waals surface area (Å²) in [7, 11) is 0. The van der Waals surface area contributed by atoms with Gasteiger partial charge in [0.25, 0.3) is 0 Å². The van der Waals surface area contributed by atoms with Crippen molar-refractivity contribution in [1.82, 2.24) is 9.97 Å². The first kappa shape index (κ1) is 20.3. The van der Waals surface area contributed by atoms with E-state index in [0.717, 1.165) is 18.5 Å². The Kier molecular flexibility index (Phi) is 5.52. The molecule has 3 rings (SSSR count). The fraction of sp³-hybridized carbons (Fsp3) is 0.353. The second-order valence-electron chi connectivity index (χ2n) is 6.42. The molecule has 0 amide bonds. The van der Waals surface area contributed by atoms with Gasteiger partial charge in [-0.1, -0.05) is 12.1 Å². The van der Waals surface area contributed by atoms with Gasteiger partial charge in [-0.25, -0.2) is 9.97 Å². The van der Waals surface area contributed by atoms with E-state index in [1.807, 2.05) is 0 Å². The number of nitrogens with one attached hydrogen (secondary N) is 1. The summed E-state index contributed by atoms with van der Waals surface area (Å²) < 4.78 is 39.7. The van der Waals surface area contributed by atoms with Gasteiger partial charge in [0.15, 0.2) is 0 Å². The molecular weight excluding hydrogens is 395 g/mol. The predicted molar refractivity (Wildman–Crippen MR) is 96.0 cm³/mol. The Morgan fingerprint density at radius 1 is 1.24 bits per heavy atom. The third kappa shape index (κ3) is 4.36. The van der Waals surface area contributed by atoms with Crippen molar-refractivity contribution in [2.24, 2.45) is 5.92 Å². The molecule has 2 N–H and O–H groups in total. The van der Waals surface area contributed by atoms with Crippen LogP contribution in [-0.2, 0) is 11.0 Å². The topological polar surface area (TPSA) is 121 Å². The average molecular weight is 411 g/mol. The van der Waals surface area contributed by atoms with Gasteiger partial charge < -0.3 is 15.3 Å². The number of alkyl halides is 3. The highest BCUT2D eigenvalue weighted by atomic mass is 19.4. The largest absolute Gasteiger partial charge is 0.481 e. The number of carbonyl (C=O) groups is 1. The number of para-hydroxylation sites is 1. The SMILES string of the molecule is O=C(O)C1CCN(c2ncnc(Nc3ccccc3C(F)(F)F)c2[N+](=O)[O-])CC1. The Hall–Kier alpha value is -3.44. The molecule has 0 unspecified atom stereocenters. The lowest BCUT2D eigenvalue weighted by Gasteiger charge is -2.30. The van der Waals surface area contributed by atoms with Crippen LogP contribution in [-0.4, -0.2) is 39.1 Å².